The normalized spacial score (nSPS) is 12.7. The molecule has 0 saturated heterocycles. The highest BCUT2D eigenvalue weighted by Crippen LogP contribution is 2.18. The molecule has 0 radical (unpaired) electrons. The molecule has 26 heavy (non-hydrogen) atoms. The summed E-state index contributed by atoms with van der Waals surface area (Å²) in [6, 6.07) is 8.48. The number of nitrogens with zero attached hydrogens (tertiary/aromatic N) is 5. The van der Waals surface area contributed by atoms with Crippen LogP contribution in [0.15, 0.2) is 46.1 Å². The minimum atomic E-state index is 0. The first-order valence-electron chi connectivity index (χ1n) is 8.22. The zero-order valence-electron chi connectivity index (χ0n) is 16.0. The van der Waals surface area contributed by atoms with Gasteiger partial charge < -0.3 is 15.1 Å². The fourth-order valence-electron chi connectivity index (χ4n) is 2.74. The number of likely N-dealkylation sites (N-methyl/N-ethyl adjacent to an activating group) is 1. The molecule has 0 bridgehead atoms. The number of aromatic nitrogens is 2. The molecule has 2 aromatic rings. The largest absolute Gasteiger partial charge is 0.354 e. The van der Waals surface area contributed by atoms with Crippen molar-refractivity contribution in [3.63, 3.8) is 0 Å². The minimum absolute atomic E-state index is 0. The number of guanidine groups is 1. The highest BCUT2D eigenvalue weighted by molar-refractivity contribution is 14.0. The Morgan fingerprint density at radius 2 is 2.00 bits per heavy atom. The van der Waals surface area contributed by atoms with Gasteiger partial charge >= 0.3 is 0 Å². The van der Waals surface area contributed by atoms with Crippen molar-refractivity contribution >= 4 is 45.9 Å². The molecule has 6 nitrogen and oxygen atoms in total. The molecule has 1 unspecified atom stereocenters. The summed E-state index contributed by atoms with van der Waals surface area (Å²) in [5.41, 5.74) is 2.41. The molecular weight excluding hydrogens is 507 g/mol. The number of aryl methyl sites for hydroxylation is 1. The summed E-state index contributed by atoms with van der Waals surface area (Å²) >= 11 is 3.61. The third kappa shape index (κ3) is 6.24. The lowest BCUT2D eigenvalue weighted by Crippen LogP contribution is -2.42. The average Bonchev–Trinajstić information content (AvgIpc) is 2.99. The molecule has 0 aliphatic heterocycles. The van der Waals surface area contributed by atoms with E-state index in [1.54, 1.807) is 0 Å². The Morgan fingerprint density at radius 1 is 1.31 bits per heavy atom. The van der Waals surface area contributed by atoms with Crippen molar-refractivity contribution in [1.82, 2.24) is 24.9 Å². The van der Waals surface area contributed by atoms with Crippen LogP contribution in [0.5, 0.6) is 0 Å². The van der Waals surface area contributed by atoms with Crippen LogP contribution in [-0.4, -0.2) is 60.3 Å². The van der Waals surface area contributed by atoms with E-state index in [2.05, 4.69) is 79.6 Å². The summed E-state index contributed by atoms with van der Waals surface area (Å²) in [5, 5.41) is 7.76. The maximum atomic E-state index is 4.42. The third-order valence-electron chi connectivity index (χ3n) is 4.13. The van der Waals surface area contributed by atoms with Crippen molar-refractivity contribution in [3.8, 4) is 0 Å². The Labute approximate surface area is 181 Å². The van der Waals surface area contributed by atoms with E-state index < -0.39 is 0 Å². The van der Waals surface area contributed by atoms with Gasteiger partial charge in [0.25, 0.3) is 0 Å². The summed E-state index contributed by atoms with van der Waals surface area (Å²) in [6.07, 6.45) is 3.97. The lowest BCUT2D eigenvalue weighted by atomic mass is 10.1. The van der Waals surface area contributed by atoms with E-state index in [9.17, 15) is 0 Å². The van der Waals surface area contributed by atoms with Crippen molar-refractivity contribution in [2.45, 2.75) is 12.6 Å². The van der Waals surface area contributed by atoms with Crippen molar-refractivity contribution in [2.24, 2.45) is 12.0 Å². The predicted molar refractivity (Wildman–Crippen MR) is 122 cm³/mol. The Balaban J connectivity index is 0.00000338. The van der Waals surface area contributed by atoms with Crippen molar-refractivity contribution in [1.29, 1.82) is 0 Å². The highest BCUT2D eigenvalue weighted by Gasteiger charge is 2.17. The standard InChI is InChI=1S/C18H27BrN6.HI/c1-20-18(24(4)12-14-8-6-7-9-16(14)19)21-11-17(23(2)3)15-10-22-25(5)13-15;/h6-10,13,17H,11-12H2,1-5H3,(H,20,21);1H. The number of rotatable bonds is 6. The number of hydrogen-bond donors (Lipinski definition) is 1. The van der Waals surface area contributed by atoms with Crippen LogP contribution in [0.1, 0.15) is 17.2 Å². The van der Waals surface area contributed by atoms with E-state index in [-0.39, 0.29) is 30.0 Å². The van der Waals surface area contributed by atoms with Gasteiger partial charge in [-0.2, -0.15) is 5.10 Å². The van der Waals surface area contributed by atoms with Crippen molar-refractivity contribution in [2.75, 3.05) is 34.7 Å². The van der Waals surface area contributed by atoms with Crippen LogP contribution >= 0.6 is 39.9 Å². The molecule has 0 saturated carbocycles. The van der Waals surface area contributed by atoms with Gasteiger partial charge in [0, 0.05) is 50.5 Å². The van der Waals surface area contributed by atoms with Gasteiger partial charge in [-0.05, 0) is 25.7 Å². The maximum Gasteiger partial charge on any atom is 0.193 e. The number of halogens is 2. The molecule has 1 N–H and O–H groups in total. The Bertz CT molecular complexity index is 715. The number of aliphatic imine (C=N–C) groups is 1. The van der Waals surface area contributed by atoms with Gasteiger partial charge in [0.2, 0.25) is 0 Å². The van der Waals surface area contributed by atoms with Crippen LogP contribution in [0, 0.1) is 0 Å². The smallest absolute Gasteiger partial charge is 0.193 e. The summed E-state index contributed by atoms with van der Waals surface area (Å²) in [6.45, 7) is 1.53. The molecule has 1 atom stereocenters. The fourth-order valence-corrected chi connectivity index (χ4v) is 3.15. The van der Waals surface area contributed by atoms with E-state index in [1.807, 2.05) is 38.1 Å². The molecule has 1 aromatic carbocycles. The molecule has 0 aliphatic rings. The summed E-state index contributed by atoms with van der Waals surface area (Å²) in [7, 11) is 9.95. The number of nitrogens with one attached hydrogen (secondary N) is 1. The summed E-state index contributed by atoms with van der Waals surface area (Å²) < 4.78 is 2.94. The second kappa shape index (κ2) is 10.9. The van der Waals surface area contributed by atoms with Crippen LogP contribution in [0.2, 0.25) is 0 Å². The molecule has 144 valence electrons. The van der Waals surface area contributed by atoms with Gasteiger partial charge in [-0.25, -0.2) is 0 Å². The van der Waals surface area contributed by atoms with Crippen LogP contribution in [0.3, 0.4) is 0 Å². The van der Waals surface area contributed by atoms with Gasteiger partial charge in [-0.1, -0.05) is 34.1 Å². The van der Waals surface area contributed by atoms with E-state index >= 15 is 0 Å². The first-order chi connectivity index (χ1) is 11.9. The second-order valence-electron chi connectivity index (χ2n) is 6.30. The van der Waals surface area contributed by atoms with Crippen LogP contribution in [-0.2, 0) is 13.6 Å². The first-order valence-corrected chi connectivity index (χ1v) is 9.01. The van der Waals surface area contributed by atoms with Gasteiger partial charge in [0.05, 0.1) is 12.2 Å². The Hall–Kier alpha value is -1.13. The molecular formula is C18H28BrIN6. The molecule has 1 aromatic heterocycles. The van der Waals surface area contributed by atoms with Gasteiger partial charge in [0.15, 0.2) is 5.96 Å². The number of benzene rings is 1. The lowest BCUT2D eigenvalue weighted by Gasteiger charge is -2.27. The van der Waals surface area contributed by atoms with E-state index in [1.165, 1.54) is 11.1 Å². The zero-order valence-corrected chi connectivity index (χ0v) is 19.9. The van der Waals surface area contributed by atoms with Gasteiger partial charge in [-0.15, -0.1) is 24.0 Å². The molecule has 0 fully saturated rings. The van der Waals surface area contributed by atoms with Gasteiger partial charge in [0.1, 0.15) is 0 Å². The van der Waals surface area contributed by atoms with E-state index in [0.717, 1.165) is 23.5 Å². The highest BCUT2D eigenvalue weighted by atomic mass is 127. The fraction of sp³-hybridized carbons (Fsp3) is 0.444. The monoisotopic (exact) mass is 534 g/mol. The lowest BCUT2D eigenvalue weighted by molar-refractivity contribution is 0.295. The van der Waals surface area contributed by atoms with Crippen molar-refractivity contribution in [3.05, 3.63) is 52.3 Å². The Kier molecular flexibility index (Phi) is 9.59. The van der Waals surface area contributed by atoms with Crippen LogP contribution in [0.25, 0.3) is 0 Å². The average molecular weight is 535 g/mol. The van der Waals surface area contributed by atoms with Gasteiger partial charge in [-0.3, -0.25) is 9.67 Å². The summed E-state index contributed by atoms with van der Waals surface area (Å²) in [4.78, 5) is 8.73. The zero-order chi connectivity index (χ0) is 18.4. The first kappa shape index (κ1) is 22.9. The minimum Gasteiger partial charge on any atom is -0.354 e. The molecule has 1 heterocycles. The SMILES string of the molecule is CN=C(NCC(c1cnn(C)c1)N(C)C)N(C)Cc1ccccc1Br.I. The molecule has 8 heteroatoms. The van der Waals surface area contributed by atoms with E-state index in [4.69, 9.17) is 0 Å². The molecule has 0 aliphatic carbocycles. The molecule has 2 rings (SSSR count). The molecule has 0 amide bonds. The van der Waals surface area contributed by atoms with Crippen molar-refractivity contribution < 1.29 is 0 Å². The predicted octanol–water partition coefficient (Wildman–Crippen LogP) is 3.11. The number of hydrogen-bond acceptors (Lipinski definition) is 3. The van der Waals surface area contributed by atoms with E-state index in [0.29, 0.717) is 0 Å². The van der Waals surface area contributed by atoms with Crippen LogP contribution < -0.4 is 5.32 Å². The second-order valence-corrected chi connectivity index (χ2v) is 7.16. The quantitative estimate of drug-likeness (QED) is 0.351. The topological polar surface area (TPSA) is 48.7 Å². The molecule has 0 spiro atoms. The summed E-state index contributed by atoms with van der Waals surface area (Å²) in [5.74, 6) is 0.867. The third-order valence-corrected chi connectivity index (χ3v) is 4.90. The van der Waals surface area contributed by atoms with Crippen LogP contribution in [0.4, 0.5) is 0 Å². The maximum absolute atomic E-state index is 4.42. The Morgan fingerprint density at radius 3 is 2.54 bits per heavy atom.